The summed E-state index contributed by atoms with van der Waals surface area (Å²) >= 11 is 5.97. The first-order valence-corrected chi connectivity index (χ1v) is 6.09. The number of phenolic OH excluding ortho intramolecular Hbond substituents is 1. The van der Waals surface area contributed by atoms with E-state index < -0.39 is 0 Å². The minimum atomic E-state index is 0.245. The van der Waals surface area contributed by atoms with E-state index in [2.05, 4.69) is 18.2 Å². The van der Waals surface area contributed by atoms with E-state index in [1.165, 1.54) is 5.39 Å². The Kier molecular flexibility index (Phi) is 2.69. The molecule has 3 aromatic carbocycles. The van der Waals surface area contributed by atoms with Gasteiger partial charge in [-0.1, -0.05) is 48.0 Å². The molecule has 18 heavy (non-hydrogen) atoms. The zero-order chi connectivity index (χ0) is 12.5. The van der Waals surface area contributed by atoms with Crippen molar-refractivity contribution in [1.82, 2.24) is 0 Å². The maximum Gasteiger partial charge on any atom is 0.123 e. The predicted molar refractivity (Wildman–Crippen MR) is 76.1 cm³/mol. The number of benzene rings is 3. The Labute approximate surface area is 110 Å². The summed E-state index contributed by atoms with van der Waals surface area (Å²) in [6.07, 6.45) is 0. The second kappa shape index (κ2) is 4.35. The zero-order valence-corrected chi connectivity index (χ0v) is 10.4. The summed E-state index contributed by atoms with van der Waals surface area (Å²) in [5.74, 6) is 0.245. The van der Waals surface area contributed by atoms with Crippen molar-refractivity contribution in [3.8, 4) is 16.9 Å². The average molecular weight is 255 g/mol. The van der Waals surface area contributed by atoms with Gasteiger partial charge in [0.15, 0.2) is 0 Å². The first-order chi connectivity index (χ1) is 8.74. The van der Waals surface area contributed by atoms with Gasteiger partial charge in [0, 0.05) is 10.6 Å². The molecule has 0 amide bonds. The van der Waals surface area contributed by atoms with Crippen molar-refractivity contribution in [2.75, 3.05) is 0 Å². The molecule has 0 fully saturated rings. The maximum atomic E-state index is 9.90. The van der Waals surface area contributed by atoms with Gasteiger partial charge in [-0.05, 0) is 40.6 Å². The molecule has 0 bridgehead atoms. The van der Waals surface area contributed by atoms with Gasteiger partial charge in [0.1, 0.15) is 5.75 Å². The van der Waals surface area contributed by atoms with Crippen molar-refractivity contribution in [1.29, 1.82) is 0 Å². The van der Waals surface area contributed by atoms with Crippen LogP contribution in [0.25, 0.3) is 21.9 Å². The smallest absolute Gasteiger partial charge is 0.123 e. The predicted octanol–water partition coefficient (Wildman–Crippen LogP) is 4.87. The van der Waals surface area contributed by atoms with Gasteiger partial charge in [0.2, 0.25) is 0 Å². The topological polar surface area (TPSA) is 20.2 Å². The highest BCUT2D eigenvalue weighted by Gasteiger charge is 2.05. The maximum absolute atomic E-state index is 9.90. The van der Waals surface area contributed by atoms with Gasteiger partial charge in [-0.2, -0.15) is 0 Å². The fraction of sp³-hybridized carbons (Fsp3) is 0. The van der Waals surface area contributed by atoms with E-state index in [9.17, 15) is 5.11 Å². The quantitative estimate of drug-likeness (QED) is 0.657. The van der Waals surface area contributed by atoms with Crippen molar-refractivity contribution >= 4 is 22.4 Å². The molecular formula is C16H11ClO. The van der Waals surface area contributed by atoms with Gasteiger partial charge >= 0.3 is 0 Å². The highest BCUT2D eigenvalue weighted by atomic mass is 35.5. The Morgan fingerprint density at radius 3 is 2.39 bits per heavy atom. The van der Waals surface area contributed by atoms with Crippen molar-refractivity contribution in [3.63, 3.8) is 0 Å². The zero-order valence-electron chi connectivity index (χ0n) is 9.60. The Morgan fingerprint density at radius 1 is 0.778 bits per heavy atom. The van der Waals surface area contributed by atoms with Crippen LogP contribution in [0.2, 0.25) is 5.02 Å². The van der Waals surface area contributed by atoms with Gasteiger partial charge < -0.3 is 5.11 Å². The van der Waals surface area contributed by atoms with E-state index in [-0.39, 0.29) is 5.75 Å². The largest absolute Gasteiger partial charge is 0.507 e. The van der Waals surface area contributed by atoms with Gasteiger partial charge in [-0.3, -0.25) is 0 Å². The molecule has 0 aliphatic carbocycles. The summed E-state index contributed by atoms with van der Waals surface area (Å²) in [5.41, 5.74) is 1.72. The lowest BCUT2D eigenvalue weighted by molar-refractivity contribution is 0.477. The summed E-state index contributed by atoms with van der Waals surface area (Å²) in [6, 6.07) is 19.3. The minimum absolute atomic E-state index is 0.245. The van der Waals surface area contributed by atoms with Gasteiger partial charge in [0.25, 0.3) is 0 Å². The van der Waals surface area contributed by atoms with Gasteiger partial charge in [0.05, 0.1) is 0 Å². The molecule has 1 N–H and O–H groups in total. The van der Waals surface area contributed by atoms with Crippen LogP contribution in [0.15, 0.2) is 60.7 Å². The Balaban J connectivity index is 2.22. The third-order valence-electron chi connectivity index (χ3n) is 3.02. The van der Waals surface area contributed by atoms with Crippen LogP contribution in [0, 0.1) is 0 Å². The van der Waals surface area contributed by atoms with Crippen molar-refractivity contribution in [2.45, 2.75) is 0 Å². The SMILES string of the molecule is Oc1ccc(Cl)cc1-c1ccc2ccccc2c1. The highest BCUT2D eigenvalue weighted by Crippen LogP contribution is 2.33. The Hall–Kier alpha value is -1.99. The first-order valence-electron chi connectivity index (χ1n) is 5.72. The number of halogens is 1. The fourth-order valence-corrected chi connectivity index (χ4v) is 2.27. The number of hydrogen-bond acceptors (Lipinski definition) is 1. The second-order valence-electron chi connectivity index (χ2n) is 4.22. The van der Waals surface area contributed by atoms with E-state index in [4.69, 9.17) is 11.6 Å². The average Bonchev–Trinajstić information content (AvgIpc) is 2.41. The molecule has 0 spiro atoms. The first kappa shape index (κ1) is 11.1. The lowest BCUT2D eigenvalue weighted by Gasteiger charge is -2.07. The number of phenols is 1. The third kappa shape index (κ3) is 1.93. The Morgan fingerprint density at radius 2 is 1.56 bits per heavy atom. The van der Waals surface area contributed by atoms with Crippen LogP contribution in [-0.2, 0) is 0 Å². The monoisotopic (exact) mass is 254 g/mol. The van der Waals surface area contributed by atoms with E-state index in [0.717, 1.165) is 16.5 Å². The summed E-state index contributed by atoms with van der Waals surface area (Å²) in [4.78, 5) is 0. The third-order valence-corrected chi connectivity index (χ3v) is 3.25. The van der Waals surface area contributed by atoms with Crippen LogP contribution in [-0.4, -0.2) is 5.11 Å². The van der Waals surface area contributed by atoms with Crippen LogP contribution in [0.4, 0.5) is 0 Å². The van der Waals surface area contributed by atoms with E-state index >= 15 is 0 Å². The van der Waals surface area contributed by atoms with Crippen LogP contribution >= 0.6 is 11.6 Å². The summed E-state index contributed by atoms with van der Waals surface area (Å²) in [7, 11) is 0. The van der Waals surface area contributed by atoms with Crippen molar-refractivity contribution in [2.24, 2.45) is 0 Å². The van der Waals surface area contributed by atoms with Crippen LogP contribution < -0.4 is 0 Å². The van der Waals surface area contributed by atoms with Crippen molar-refractivity contribution < 1.29 is 5.11 Å². The molecule has 2 heteroatoms. The van der Waals surface area contributed by atoms with Gasteiger partial charge in [-0.15, -0.1) is 0 Å². The molecule has 1 nitrogen and oxygen atoms in total. The minimum Gasteiger partial charge on any atom is -0.507 e. The fourth-order valence-electron chi connectivity index (χ4n) is 2.10. The van der Waals surface area contributed by atoms with Gasteiger partial charge in [-0.25, -0.2) is 0 Å². The molecule has 0 saturated heterocycles. The van der Waals surface area contributed by atoms with E-state index in [0.29, 0.717) is 5.02 Å². The molecule has 0 atom stereocenters. The number of rotatable bonds is 1. The molecular weight excluding hydrogens is 244 g/mol. The van der Waals surface area contributed by atoms with Crippen LogP contribution in [0.3, 0.4) is 0 Å². The molecule has 0 radical (unpaired) electrons. The summed E-state index contributed by atoms with van der Waals surface area (Å²) < 4.78 is 0. The molecule has 0 aliphatic rings. The van der Waals surface area contributed by atoms with E-state index in [1.807, 2.05) is 24.3 Å². The molecule has 0 aromatic heterocycles. The number of aromatic hydroxyl groups is 1. The summed E-state index contributed by atoms with van der Waals surface area (Å²) in [5, 5.41) is 12.9. The number of hydrogen-bond donors (Lipinski definition) is 1. The lowest BCUT2D eigenvalue weighted by Crippen LogP contribution is -1.80. The molecule has 0 aliphatic heterocycles. The van der Waals surface area contributed by atoms with Crippen molar-refractivity contribution in [3.05, 3.63) is 65.7 Å². The highest BCUT2D eigenvalue weighted by molar-refractivity contribution is 6.31. The van der Waals surface area contributed by atoms with E-state index in [1.54, 1.807) is 18.2 Å². The second-order valence-corrected chi connectivity index (χ2v) is 4.66. The summed E-state index contributed by atoms with van der Waals surface area (Å²) in [6.45, 7) is 0. The molecule has 3 rings (SSSR count). The standard InChI is InChI=1S/C16H11ClO/c17-14-7-8-16(18)15(10-14)13-6-5-11-3-1-2-4-12(11)9-13/h1-10,18H. The molecule has 0 saturated carbocycles. The van der Waals surface area contributed by atoms with Crippen LogP contribution in [0.5, 0.6) is 5.75 Å². The normalized spacial score (nSPS) is 10.7. The lowest BCUT2D eigenvalue weighted by atomic mass is 10.0. The van der Waals surface area contributed by atoms with Crippen LogP contribution in [0.1, 0.15) is 0 Å². The molecule has 0 heterocycles. The molecule has 0 unspecified atom stereocenters. The number of fused-ring (bicyclic) bond motifs is 1. The Bertz CT molecular complexity index is 719. The molecule has 88 valence electrons. The molecule has 3 aromatic rings.